The second-order valence-corrected chi connectivity index (χ2v) is 4.54. The molecule has 0 spiro atoms. The van der Waals surface area contributed by atoms with Gasteiger partial charge in [0.1, 0.15) is 5.82 Å². The van der Waals surface area contributed by atoms with Gasteiger partial charge in [-0.15, -0.1) is 24.0 Å². The zero-order valence-corrected chi connectivity index (χ0v) is 14.6. The van der Waals surface area contributed by atoms with Gasteiger partial charge in [0, 0.05) is 20.1 Å². The van der Waals surface area contributed by atoms with Crippen LogP contribution in [0.15, 0.2) is 29.3 Å². The lowest BCUT2D eigenvalue weighted by Crippen LogP contribution is -2.37. The Morgan fingerprint density at radius 2 is 1.80 bits per heavy atom. The van der Waals surface area contributed by atoms with Crippen LogP contribution in [0.1, 0.15) is 38.2 Å². The molecule has 0 saturated carbocycles. The van der Waals surface area contributed by atoms with Crippen LogP contribution in [0, 0.1) is 5.82 Å². The average molecular weight is 393 g/mol. The van der Waals surface area contributed by atoms with Crippen molar-refractivity contribution in [2.45, 2.75) is 39.2 Å². The highest BCUT2D eigenvalue weighted by molar-refractivity contribution is 14.0. The molecule has 0 saturated heterocycles. The number of rotatable bonds is 7. The molecule has 1 aromatic carbocycles. The first-order valence-corrected chi connectivity index (χ1v) is 6.95. The smallest absolute Gasteiger partial charge is 0.191 e. The van der Waals surface area contributed by atoms with Crippen LogP contribution in [-0.2, 0) is 6.54 Å². The second-order valence-electron chi connectivity index (χ2n) is 4.54. The van der Waals surface area contributed by atoms with Gasteiger partial charge in [-0.25, -0.2) is 4.39 Å². The highest BCUT2D eigenvalue weighted by atomic mass is 127. The largest absolute Gasteiger partial charge is 0.356 e. The molecule has 0 amide bonds. The normalized spacial score (nSPS) is 10.8. The molecule has 0 aliphatic heterocycles. The van der Waals surface area contributed by atoms with Gasteiger partial charge in [0.15, 0.2) is 5.96 Å². The fourth-order valence-corrected chi connectivity index (χ4v) is 1.77. The summed E-state index contributed by atoms with van der Waals surface area (Å²) in [6.07, 6.45) is 4.93. The van der Waals surface area contributed by atoms with Crippen molar-refractivity contribution in [1.82, 2.24) is 10.6 Å². The Labute approximate surface area is 138 Å². The number of unbranched alkanes of at least 4 members (excludes halogenated alkanes) is 3. The molecule has 2 N–H and O–H groups in total. The Morgan fingerprint density at radius 3 is 2.40 bits per heavy atom. The van der Waals surface area contributed by atoms with Crippen LogP contribution >= 0.6 is 24.0 Å². The fraction of sp³-hybridized carbons (Fsp3) is 0.533. The van der Waals surface area contributed by atoms with E-state index in [9.17, 15) is 4.39 Å². The molecule has 114 valence electrons. The molecule has 0 atom stereocenters. The molecular weight excluding hydrogens is 368 g/mol. The minimum absolute atomic E-state index is 0. The fourth-order valence-electron chi connectivity index (χ4n) is 1.77. The third kappa shape index (κ3) is 8.35. The molecule has 0 heterocycles. The van der Waals surface area contributed by atoms with Gasteiger partial charge in [-0.3, -0.25) is 4.99 Å². The maximum atomic E-state index is 12.8. The molecule has 1 aromatic rings. The topological polar surface area (TPSA) is 36.4 Å². The van der Waals surface area contributed by atoms with Crippen molar-refractivity contribution < 1.29 is 4.39 Å². The Bertz CT molecular complexity index is 379. The summed E-state index contributed by atoms with van der Waals surface area (Å²) in [7, 11) is 1.76. The monoisotopic (exact) mass is 393 g/mol. The standard InChI is InChI=1S/C15H24FN3.HI/c1-3-4-5-6-11-18-15(17-2)19-12-13-7-9-14(16)10-8-13;/h7-10H,3-6,11-12H2,1-2H3,(H2,17,18,19);1H. The van der Waals surface area contributed by atoms with Gasteiger partial charge in [-0.2, -0.15) is 0 Å². The Hall–Kier alpha value is -0.850. The molecule has 0 bridgehead atoms. The van der Waals surface area contributed by atoms with E-state index in [0.29, 0.717) is 6.54 Å². The Kier molecular flexibility index (Phi) is 11.4. The minimum atomic E-state index is -0.206. The molecule has 5 heteroatoms. The number of benzene rings is 1. The number of guanidine groups is 1. The zero-order chi connectivity index (χ0) is 13.9. The molecule has 0 aromatic heterocycles. The molecule has 0 unspecified atom stereocenters. The van der Waals surface area contributed by atoms with E-state index in [1.807, 2.05) is 0 Å². The number of hydrogen-bond acceptors (Lipinski definition) is 1. The Balaban J connectivity index is 0.00000361. The summed E-state index contributed by atoms with van der Waals surface area (Å²) in [6, 6.07) is 6.49. The van der Waals surface area contributed by atoms with E-state index in [0.717, 1.165) is 24.5 Å². The lowest BCUT2D eigenvalue weighted by atomic mass is 10.2. The van der Waals surface area contributed by atoms with Crippen LogP contribution in [0.3, 0.4) is 0 Å². The summed E-state index contributed by atoms with van der Waals surface area (Å²) in [6.45, 7) is 3.79. The van der Waals surface area contributed by atoms with E-state index >= 15 is 0 Å². The quantitative estimate of drug-likeness (QED) is 0.321. The number of halogens is 2. The molecule has 1 rings (SSSR count). The highest BCUT2D eigenvalue weighted by Crippen LogP contribution is 2.02. The molecule has 0 aliphatic carbocycles. The average Bonchev–Trinajstić information content (AvgIpc) is 2.44. The first-order chi connectivity index (χ1) is 9.26. The van der Waals surface area contributed by atoms with Crippen molar-refractivity contribution in [3.05, 3.63) is 35.6 Å². The molecule has 20 heavy (non-hydrogen) atoms. The lowest BCUT2D eigenvalue weighted by molar-refractivity contribution is 0.626. The first-order valence-electron chi connectivity index (χ1n) is 6.95. The van der Waals surface area contributed by atoms with Crippen molar-refractivity contribution >= 4 is 29.9 Å². The Morgan fingerprint density at radius 1 is 1.10 bits per heavy atom. The van der Waals surface area contributed by atoms with Crippen molar-refractivity contribution in [2.75, 3.05) is 13.6 Å². The molecule has 0 aliphatic rings. The van der Waals surface area contributed by atoms with Crippen LogP contribution in [0.2, 0.25) is 0 Å². The van der Waals surface area contributed by atoms with Crippen molar-refractivity contribution in [2.24, 2.45) is 4.99 Å². The molecular formula is C15H25FIN3. The van der Waals surface area contributed by atoms with E-state index in [1.54, 1.807) is 19.2 Å². The minimum Gasteiger partial charge on any atom is -0.356 e. The maximum Gasteiger partial charge on any atom is 0.191 e. The number of nitrogens with zero attached hydrogens (tertiary/aromatic N) is 1. The van der Waals surface area contributed by atoms with Crippen LogP contribution in [0.25, 0.3) is 0 Å². The molecule has 0 fully saturated rings. The number of aliphatic imine (C=N–C) groups is 1. The number of nitrogens with one attached hydrogen (secondary N) is 2. The summed E-state index contributed by atoms with van der Waals surface area (Å²) < 4.78 is 12.8. The van der Waals surface area contributed by atoms with Gasteiger partial charge in [-0.1, -0.05) is 38.3 Å². The SMILES string of the molecule is CCCCCCNC(=NC)NCc1ccc(F)cc1.I. The van der Waals surface area contributed by atoms with Crippen LogP contribution in [0.5, 0.6) is 0 Å². The van der Waals surface area contributed by atoms with E-state index in [4.69, 9.17) is 0 Å². The van der Waals surface area contributed by atoms with Crippen LogP contribution < -0.4 is 10.6 Å². The van der Waals surface area contributed by atoms with Gasteiger partial charge in [0.05, 0.1) is 0 Å². The van der Waals surface area contributed by atoms with Gasteiger partial charge in [0.2, 0.25) is 0 Å². The van der Waals surface area contributed by atoms with Crippen molar-refractivity contribution in [3.8, 4) is 0 Å². The predicted molar refractivity (Wildman–Crippen MR) is 94.2 cm³/mol. The lowest BCUT2D eigenvalue weighted by Gasteiger charge is -2.11. The van der Waals surface area contributed by atoms with E-state index in [2.05, 4.69) is 22.5 Å². The first kappa shape index (κ1) is 19.1. The zero-order valence-electron chi connectivity index (χ0n) is 12.3. The van der Waals surface area contributed by atoms with E-state index in [1.165, 1.54) is 31.4 Å². The summed E-state index contributed by atoms with van der Waals surface area (Å²) in [5.41, 5.74) is 1.04. The third-order valence-electron chi connectivity index (χ3n) is 2.92. The highest BCUT2D eigenvalue weighted by Gasteiger charge is 1.98. The van der Waals surface area contributed by atoms with E-state index in [-0.39, 0.29) is 29.8 Å². The van der Waals surface area contributed by atoms with Gasteiger partial charge in [0.25, 0.3) is 0 Å². The summed E-state index contributed by atoms with van der Waals surface area (Å²) in [5, 5.41) is 6.49. The third-order valence-corrected chi connectivity index (χ3v) is 2.92. The van der Waals surface area contributed by atoms with Crippen LogP contribution in [-0.4, -0.2) is 19.6 Å². The van der Waals surface area contributed by atoms with Crippen molar-refractivity contribution in [3.63, 3.8) is 0 Å². The van der Waals surface area contributed by atoms with Gasteiger partial charge < -0.3 is 10.6 Å². The van der Waals surface area contributed by atoms with Crippen LogP contribution in [0.4, 0.5) is 4.39 Å². The molecule has 0 radical (unpaired) electrons. The second kappa shape index (κ2) is 11.9. The van der Waals surface area contributed by atoms with Gasteiger partial charge >= 0.3 is 0 Å². The van der Waals surface area contributed by atoms with Crippen molar-refractivity contribution in [1.29, 1.82) is 0 Å². The molecule has 3 nitrogen and oxygen atoms in total. The van der Waals surface area contributed by atoms with Gasteiger partial charge in [-0.05, 0) is 24.1 Å². The van der Waals surface area contributed by atoms with E-state index < -0.39 is 0 Å². The summed E-state index contributed by atoms with van der Waals surface area (Å²) in [5.74, 6) is 0.586. The maximum absolute atomic E-state index is 12.8. The summed E-state index contributed by atoms with van der Waals surface area (Å²) in [4.78, 5) is 4.16. The summed E-state index contributed by atoms with van der Waals surface area (Å²) >= 11 is 0. The predicted octanol–water partition coefficient (Wildman–Crippen LogP) is 3.69. The number of hydrogen-bond donors (Lipinski definition) is 2.